The van der Waals surface area contributed by atoms with Gasteiger partial charge in [0.2, 0.25) is 10.0 Å². The van der Waals surface area contributed by atoms with Gasteiger partial charge >= 0.3 is 0 Å². The maximum Gasteiger partial charge on any atom is 0.247 e. The zero-order valence-electron chi connectivity index (χ0n) is 12.3. The molecule has 0 bridgehead atoms. The summed E-state index contributed by atoms with van der Waals surface area (Å²) in [6.07, 6.45) is 1.82. The molecule has 1 aromatic rings. The summed E-state index contributed by atoms with van der Waals surface area (Å²) in [7, 11) is -3.49. The summed E-state index contributed by atoms with van der Waals surface area (Å²) in [4.78, 5) is 0.211. The molecule has 0 atom stereocenters. The van der Waals surface area contributed by atoms with Crippen LogP contribution in [0, 0.1) is 0 Å². The van der Waals surface area contributed by atoms with E-state index in [4.69, 9.17) is 4.42 Å². The molecular formula is C13H23BrN2O3S. The van der Waals surface area contributed by atoms with Crippen molar-refractivity contribution in [1.29, 1.82) is 0 Å². The Bertz CT molecular complexity index is 514. The van der Waals surface area contributed by atoms with E-state index in [0.717, 1.165) is 19.4 Å². The number of unbranched alkanes of at least 4 members (excludes halogenated alkanes) is 1. The van der Waals surface area contributed by atoms with Crippen molar-refractivity contribution >= 4 is 26.0 Å². The zero-order chi connectivity index (χ0) is 15.2. The molecule has 0 radical (unpaired) electrons. The topological polar surface area (TPSA) is 62.6 Å². The summed E-state index contributed by atoms with van der Waals surface area (Å²) in [5.41, 5.74) is 0. The SMILES string of the molecule is CCCCN(CC)S(=O)(=O)c1cc(CNCC)oc1Br. The molecule has 1 N–H and O–H groups in total. The monoisotopic (exact) mass is 366 g/mol. The van der Waals surface area contributed by atoms with Gasteiger partial charge in [0.05, 0.1) is 6.54 Å². The maximum absolute atomic E-state index is 12.6. The molecule has 0 aliphatic rings. The average molecular weight is 367 g/mol. The third-order valence-corrected chi connectivity index (χ3v) is 5.82. The van der Waals surface area contributed by atoms with Gasteiger partial charge in [-0.15, -0.1) is 0 Å². The quantitative estimate of drug-likeness (QED) is 0.729. The van der Waals surface area contributed by atoms with E-state index in [-0.39, 0.29) is 9.56 Å². The van der Waals surface area contributed by atoms with Crippen LogP contribution in [0.5, 0.6) is 0 Å². The first-order chi connectivity index (χ1) is 9.47. The van der Waals surface area contributed by atoms with Gasteiger partial charge in [0.1, 0.15) is 10.7 Å². The predicted molar refractivity (Wildman–Crippen MR) is 83.1 cm³/mol. The molecule has 0 amide bonds. The van der Waals surface area contributed by atoms with Crippen LogP contribution in [0.15, 0.2) is 20.0 Å². The van der Waals surface area contributed by atoms with E-state index < -0.39 is 10.0 Å². The number of sulfonamides is 1. The van der Waals surface area contributed by atoms with Gasteiger partial charge in [-0.3, -0.25) is 0 Å². The summed E-state index contributed by atoms with van der Waals surface area (Å²) in [6, 6.07) is 1.59. The first kappa shape index (κ1) is 17.7. The molecule has 0 aromatic carbocycles. The van der Waals surface area contributed by atoms with Crippen molar-refractivity contribution in [3.63, 3.8) is 0 Å². The summed E-state index contributed by atoms with van der Waals surface area (Å²) in [5.74, 6) is 0.615. The molecule has 1 rings (SSSR count). The molecule has 0 aliphatic carbocycles. The van der Waals surface area contributed by atoms with Crippen LogP contribution in [0.25, 0.3) is 0 Å². The Morgan fingerprint density at radius 3 is 2.60 bits per heavy atom. The molecule has 0 spiro atoms. The number of halogens is 1. The first-order valence-corrected chi connectivity index (χ1v) is 9.19. The standard InChI is InChI=1S/C13H23BrN2O3S/c1-4-7-8-16(6-3)20(17,18)12-9-11(10-15-5-2)19-13(12)14/h9,15H,4-8,10H2,1-3H3. The van der Waals surface area contributed by atoms with Crippen LogP contribution in [0.3, 0.4) is 0 Å². The summed E-state index contributed by atoms with van der Waals surface area (Å²) in [5, 5.41) is 3.11. The molecule has 5 nitrogen and oxygen atoms in total. The molecule has 1 aromatic heterocycles. The molecule has 0 saturated heterocycles. The van der Waals surface area contributed by atoms with Gasteiger partial charge in [-0.05, 0) is 28.9 Å². The Hall–Kier alpha value is -0.370. The number of hydrogen-bond donors (Lipinski definition) is 1. The molecule has 1 heterocycles. The lowest BCUT2D eigenvalue weighted by Gasteiger charge is -2.19. The van der Waals surface area contributed by atoms with Gasteiger partial charge in [-0.1, -0.05) is 27.2 Å². The number of hydrogen-bond acceptors (Lipinski definition) is 4. The van der Waals surface area contributed by atoms with Gasteiger partial charge in [0, 0.05) is 19.2 Å². The molecule has 0 saturated carbocycles. The smallest absolute Gasteiger partial charge is 0.247 e. The van der Waals surface area contributed by atoms with Crippen LogP contribution in [-0.4, -0.2) is 32.4 Å². The third-order valence-electron chi connectivity index (χ3n) is 2.99. The van der Waals surface area contributed by atoms with Crippen molar-refractivity contribution < 1.29 is 12.8 Å². The van der Waals surface area contributed by atoms with Crippen LogP contribution in [0.2, 0.25) is 0 Å². The van der Waals surface area contributed by atoms with Crippen molar-refractivity contribution in [3.8, 4) is 0 Å². The highest BCUT2D eigenvalue weighted by atomic mass is 79.9. The Labute approximate surface area is 129 Å². The van der Waals surface area contributed by atoms with Gasteiger partial charge in [-0.25, -0.2) is 8.42 Å². The second-order valence-corrected chi connectivity index (χ2v) is 7.11. The maximum atomic E-state index is 12.6. The van der Waals surface area contributed by atoms with E-state index in [1.165, 1.54) is 4.31 Å². The summed E-state index contributed by atoms with van der Waals surface area (Å²) >= 11 is 3.21. The molecule has 0 aliphatic heterocycles. The van der Waals surface area contributed by atoms with E-state index in [2.05, 4.69) is 21.2 Å². The normalized spacial score (nSPS) is 12.2. The first-order valence-electron chi connectivity index (χ1n) is 6.96. The Balaban J connectivity index is 2.98. The molecule has 20 heavy (non-hydrogen) atoms. The van der Waals surface area contributed by atoms with Crippen LogP contribution < -0.4 is 5.32 Å². The highest BCUT2D eigenvalue weighted by Crippen LogP contribution is 2.28. The lowest BCUT2D eigenvalue weighted by atomic mass is 10.3. The summed E-state index contributed by atoms with van der Waals surface area (Å²) in [6.45, 7) is 8.20. The Morgan fingerprint density at radius 2 is 2.05 bits per heavy atom. The fourth-order valence-electron chi connectivity index (χ4n) is 1.83. The van der Waals surface area contributed by atoms with Gasteiger partial charge in [0.15, 0.2) is 4.67 Å². The number of nitrogens with one attached hydrogen (secondary N) is 1. The van der Waals surface area contributed by atoms with Gasteiger partial charge in [-0.2, -0.15) is 4.31 Å². The average Bonchev–Trinajstić information content (AvgIpc) is 2.79. The Kier molecular flexibility index (Phi) is 7.22. The van der Waals surface area contributed by atoms with E-state index in [1.807, 2.05) is 20.8 Å². The second kappa shape index (κ2) is 8.17. The summed E-state index contributed by atoms with van der Waals surface area (Å²) < 4.78 is 32.4. The fourth-order valence-corrected chi connectivity index (χ4v) is 4.28. The van der Waals surface area contributed by atoms with Crippen molar-refractivity contribution in [2.45, 2.75) is 45.1 Å². The second-order valence-electron chi connectivity index (χ2n) is 4.48. The van der Waals surface area contributed by atoms with Gasteiger partial charge in [0.25, 0.3) is 0 Å². The van der Waals surface area contributed by atoms with Crippen LogP contribution in [-0.2, 0) is 16.6 Å². The number of rotatable bonds is 9. The van der Waals surface area contributed by atoms with Crippen molar-refractivity contribution in [2.75, 3.05) is 19.6 Å². The van der Waals surface area contributed by atoms with E-state index >= 15 is 0 Å². The molecule has 116 valence electrons. The van der Waals surface area contributed by atoms with Gasteiger partial charge < -0.3 is 9.73 Å². The minimum atomic E-state index is -3.49. The van der Waals surface area contributed by atoms with Crippen molar-refractivity contribution in [2.24, 2.45) is 0 Å². The van der Waals surface area contributed by atoms with E-state index in [9.17, 15) is 8.42 Å². The molecule has 0 fully saturated rings. The molecule has 7 heteroatoms. The van der Waals surface area contributed by atoms with Crippen LogP contribution in [0.1, 0.15) is 39.4 Å². The van der Waals surface area contributed by atoms with E-state index in [0.29, 0.717) is 25.4 Å². The van der Waals surface area contributed by atoms with Crippen LogP contribution >= 0.6 is 15.9 Å². The van der Waals surface area contributed by atoms with E-state index in [1.54, 1.807) is 6.07 Å². The lowest BCUT2D eigenvalue weighted by Crippen LogP contribution is -2.31. The minimum absolute atomic E-state index is 0.211. The minimum Gasteiger partial charge on any atom is -0.452 e. The molecular weight excluding hydrogens is 344 g/mol. The highest BCUT2D eigenvalue weighted by molar-refractivity contribution is 9.10. The highest BCUT2D eigenvalue weighted by Gasteiger charge is 2.28. The number of nitrogens with zero attached hydrogens (tertiary/aromatic N) is 1. The largest absolute Gasteiger partial charge is 0.452 e. The van der Waals surface area contributed by atoms with Crippen LogP contribution in [0.4, 0.5) is 0 Å². The van der Waals surface area contributed by atoms with Crippen molar-refractivity contribution in [1.82, 2.24) is 9.62 Å². The fraction of sp³-hybridized carbons (Fsp3) is 0.692. The predicted octanol–water partition coefficient (Wildman–Crippen LogP) is 2.96. The number of furan rings is 1. The third kappa shape index (κ3) is 4.31. The zero-order valence-corrected chi connectivity index (χ0v) is 14.7. The Morgan fingerprint density at radius 1 is 1.35 bits per heavy atom. The molecule has 0 unspecified atom stereocenters. The lowest BCUT2D eigenvalue weighted by molar-refractivity contribution is 0.416. The van der Waals surface area contributed by atoms with Crippen molar-refractivity contribution in [3.05, 3.63) is 16.5 Å².